The topological polar surface area (TPSA) is 52.3 Å². The summed E-state index contributed by atoms with van der Waals surface area (Å²) in [5.74, 6) is -0.625. The van der Waals surface area contributed by atoms with E-state index < -0.39 is 23.1 Å². The first kappa shape index (κ1) is 15.0. The molecule has 1 aromatic rings. The van der Waals surface area contributed by atoms with Crippen molar-refractivity contribution in [3.05, 3.63) is 27.7 Å². The van der Waals surface area contributed by atoms with E-state index in [9.17, 15) is 18.0 Å². The van der Waals surface area contributed by atoms with Crippen molar-refractivity contribution < 1.29 is 22.7 Å². The van der Waals surface area contributed by atoms with Crippen molar-refractivity contribution in [2.75, 3.05) is 13.7 Å². The second-order valence-corrected chi connectivity index (χ2v) is 4.35. The van der Waals surface area contributed by atoms with Crippen molar-refractivity contribution >= 4 is 21.7 Å². The zero-order valence-corrected chi connectivity index (χ0v) is 11.1. The minimum absolute atomic E-state index is 0.000220. The van der Waals surface area contributed by atoms with Crippen LogP contribution in [-0.4, -0.2) is 19.4 Å². The number of ether oxygens (including phenoxy) is 1. The van der Waals surface area contributed by atoms with Gasteiger partial charge < -0.3 is 10.5 Å². The number of hydrogen-bond donors (Lipinski definition) is 1. The molecule has 0 aliphatic carbocycles. The predicted molar refractivity (Wildman–Crippen MR) is 63.7 cm³/mol. The van der Waals surface area contributed by atoms with Gasteiger partial charge in [0.1, 0.15) is 5.75 Å². The van der Waals surface area contributed by atoms with Crippen LogP contribution in [0.5, 0.6) is 5.75 Å². The van der Waals surface area contributed by atoms with Crippen LogP contribution in [0.25, 0.3) is 0 Å². The molecule has 0 saturated carbocycles. The molecule has 0 fully saturated rings. The third-order valence-electron chi connectivity index (χ3n) is 2.27. The van der Waals surface area contributed by atoms with E-state index in [2.05, 4.69) is 15.9 Å². The van der Waals surface area contributed by atoms with Gasteiger partial charge in [-0.05, 0) is 34.6 Å². The van der Waals surface area contributed by atoms with E-state index in [0.29, 0.717) is 4.47 Å². The van der Waals surface area contributed by atoms with Gasteiger partial charge in [-0.2, -0.15) is 13.2 Å². The number of methoxy groups -OCH3 is 1. The summed E-state index contributed by atoms with van der Waals surface area (Å²) < 4.78 is 43.6. The van der Waals surface area contributed by atoms with Gasteiger partial charge in [0, 0.05) is 12.0 Å². The number of benzene rings is 1. The Hall–Kier alpha value is -1.08. The van der Waals surface area contributed by atoms with Gasteiger partial charge >= 0.3 is 6.18 Å². The van der Waals surface area contributed by atoms with Crippen molar-refractivity contribution in [2.24, 2.45) is 5.73 Å². The Morgan fingerprint density at radius 2 is 2.06 bits per heavy atom. The molecule has 0 aromatic heterocycles. The molecule has 0 unspecified atom stereocenters. The summed E-state index contributed by atoms with van der Waals surface area (Å²) in [6, 6.07) is 1.91. The Bertz CT molecular complexity index is 460. The SMILES string of the molecule is COc1cc(C(F)(F)F)c(C(=O)CCN)cc1Br. The van der Waals surface area contributed by atoms with Crippen molar-refractivity contribution in [3.63, 3.8) is 0 Å². The molecule has 0 amide bonds. The Balaban J connectivity index is 3.39. The van der Waals surface area contributed by atoms with E-state index in [1.165, 1.54) is 7.11 Å². The highest BCUT2D eigenvalue weighted by atomic mass is 79.9. The monoisotopic (exact) mass is 325 g/mol. The second kappa shape index (κ2) is 5.71. The van der Waals surface area contributed by atoms with E-state index in [1.807, 2.05) is 0 Å². The first-order chi connectivity index (χ1) is 8.31. The molecule has 3 nitrogen and oxygen atoms in total. The molecule has 0 spiro atoms. The van der Waals surface area contributed by atoms with Crippen LogP contribution in [0.3, 0.4) is 0 Å². The molecule has 100 valence electrons. The maximum absolute atomic E-state index is 12.8. The van der Waals surface area contributed by atoms with Gasteiger partial charge in [-0.25, -0.2) is 0 Å². The fourth-order valence-electron chi connectivity index (χ4n) is 1.44. The van der Waals surface area contributed by atoms with Gasteiger partial charge in [-0.1, -0.05) is 0 Å². The van der Waals surface area contributed by atoms with Crippen LogP contribution in [0.1, 0.15) is 22.3 Å². The minimum Gasteiger partial charge on any atom is -0.496 e. The van der Waals surface area contributed by atoms with Crippen LogP contribution in [0.4, 0.5) is 13.2 Å². The fourth-order valence-corrected chi connectivity index (χ4v) is 1.95. The number of halogens is 4. The number of ketones is 1. The highest BCUT2D eigenvalue weighted by Crippen LogP contribution is 2.38. The largest absolute Gasteiger partial charge is 0.496 e. The van der Waals surface area contributed by atoms with Crippen LogP contribution in [0.15, 0.2) is 16.6 Å². The van der Waals surface area contributed by atoms with Gasteiger partial charge in [0.15, 0.2) is 5.78 Å². The molecule has 0 aliphatic heterocycles. The normalized spacial score (nSPS) is 11.4. The molecule has 18 heavy (non-hydrogen) atoms. The first-order valence-corrected chi connectivity index (χ1v) is 5.78. The standard InChI is InChI=1S/C11H11BrF3NO2/c1-18-10-5-7(11(13,14)15)6(4-8(10)12)9(17)2-3-16/h4-5H,2-3,16H2,1H3. The lowest BCUT2D eigenvalue weighted by Gasteiger charge is -2.14. The van der Waals surface area contributed by atoms with E-state index in [1.54, 1.807) is 0 Å². The zero-order valence-electron chi connectivity index (χ0n) is 9.47. The summed E-state index contributed by atoms with van der Waals surface area (Å²) in [5, 5.41) is 0. The molecular weight excluding hydrogens is 315 g/mol. The molecule has 0 saturated heterocycles. The number of alkyl halides is 3. The summed E-state index contributed by atoms with van der Waals surface area (Å²) in [4.78, 5) is 11.6. The lowest BCUT2D eigenvalue weighted by atomic mass is 10.0. The fraction of sp³-hybridized carbons (Fsp3) is 0.364. The maximum atomic E-state index is 12.8. The molecule has 0 radical (unpaired) electrons. The highest BCUT2D eigenvalue weighted by Gasteiger charge is 2.36. The van der Waals surface area contributed by atoms with Crippen molar-refractivity contribution in [1.29, 1.82) is 0 Å². The van der Waals surface area contributed by atoms with Crippen molar-refractivity contribution in [3.8, 4) is 5.75 Å². The Morgan fingerprint density at radius 3 is 2.50 bits per heavy atom. The Kier molecular flexibility index (Phi) is 4.75. The van der Waals surface area contributed by atoms with Gasteiger partial charge in [0.25, 0.3) is 0 Å². The molecular formula is C11H11BrF3NO2. The molecule has 0 aliphatic rings. The first-order valence-electron chi connectivity index (χ1n) is 4.99. The second-order valence-electron chi connectivity index (χ2n) is 3.49. The van der Waals surface area contributed by atoms with Crippen LogP contribution >= 0.6 is 15.9 Å². The third-order valence-corrected chi connectivity index (χ3v) is 2.89. The van der Waals surface area contributed by atoms with E-state index in [-0.39, 0.29) is 18.7 Å². The summed E-state index contributed by atoms with van der Waals surface area (Å²) in [6.07, 6.45) is -4.75. The molecule has 2 N–H and O–H groups in total. The minimum atomic E-state index is -4.62. The average molecular weight is 326 g/mol. The highest BCUT2D eigenvalue weighted by molar-refractivity contribution is 9.10. The summed E-state index contributed by atoms with van der Waals surface area (Å²) in [6.45, 7) is -0.000220. The Morgan fingerprint density at radius 1 is 1.44 bits per heavy atom. The molecule has 0 heterocycles. The Labute approximate surface area is 110 Å². The molecule has 1 aromatic carbocycles. The average Bonchev–Trinajstić information content (AvgIpc) is 2.27. The molecule has 0 atom stereocenters. The number of nitrogens with two attached hydrogens (primary N) is 1. The van der Waals surface area contributed by atoms with Crippen molar-refractivity contribution in [2.45, 2.75) is 12.6 Å². The van der Waals surface area contributed by atoms with E-state index in [0.717, 1.165) is 12.1 Å². The lowest BCUT2D eigenvalue weighted by Crippen LogP contribution is -2.16. The number of hydrogen-bond acceptors (Lipinski definition) is 3. The number of carbonyl (C=O) groups is 1. The number of rotatable bonds is 4. The van der Waals surface area contributed by atoms with E-state index in [4.69, 9.17) is 10.5 Å². The summed E-state index contributed by atoms with van der Waals surface area (Å²) in [5.41, 5.74) is 3.77. The van der Waals surface area contributed by atoms with Gasteiger partial charge in [-0.3, -0.25) is 4.79 Å². The molecule has 0 bridgehead atoms. The quantitative estimate of drug-likeness (QED) is 0.866. The summed E-state index contributed by atoms with van der Waals surface area (Å²) in [7, 11) is 1.25. The third kappa shape index (κ3) is 3.23. The lowest BCUT2D eigenvalue weighted by molar-refractivity contribution is -0.138. The summed E-state index contributed by atoms with van der Waals surface area (Å²) >= 11 is 3.05. The van der Waals surface area contributed by atoms with Crippen LogP contribution in [-0.2, 0) is 6.18 Å². The smallest absolute Gasteiger partial charge is 0.417 e. The number of Topliss-reactive ketones (excluding diaryl/α,β-unsaturated/α-hetero) is 1. The van der Waals surface area contributed by atoms with Gasteiger partial charge in [0.2, 0.25) is 0 Å². The zero-order chi connectivity index (χ0) is 13.9. The maximum Gasteiger partial charge on any atom is 0.417 e. The van der Waals surface area contributed by atoms with Crippen LogP contribution in [0, 0.1) is 0 Å². The predicted octanol–water partition coefficient (Wildman–Crippen LogP) is 3.01. The van der Waals surface area contributed by atoms with Gasteiger partial charge in [0.05, 0.1) is 17.1 Å². The number of carbonyl (C=O) groups excluding carboxylic acids is 1. The molecule has 7 heteroatoms. The van der Waals surface area contributed by atoms with E-state index >= 15 is 0 Å². The van der Waals surface area contributed by atoms with Crippen LogP contribution < -0.4 is 10.5 Å². The van der Waals surface area contributed by atoms with Gasteiger partial charge in [-0.15, -0.1) is 0 Å². The molecule has 1 rings (SSSR count). The van der Waals surface area contributed by atoms with Crippen LogP contribution in [0.2, 0.25) is 0 Å². The van der Waals surface area contributed by atoms with Crippen molar-refractivity contribution in [1.82, 2.24) is 0 Å².